The number of unbranched alkanes of at least 4 members (excludes halogenated alkanes) is 1. The van der Waals surface area contributed by atoms with Gasteiger partial charge < -0.3 is 5.11 Å². The molecule has 0 fully saturated rings. The Balaban J connectivity index is 1.37. The van der Waals surface area contributed by atoms with E-state index in [1.54, 1.807) is 23.5 Å². The number of phenolic OH excluding ortho intramolecular Hbond substituents is 1. The van der Waals surface area contributed by atoms with Crippen LogP contribution >= 0.6 is 11.3 Å². The van der Waals surface area contributed by atoms with Gasteiger partial charge in [-0.2, -0.15) is 0 Å². The maximum atomic E-state index is 11.9. The molecule has 2 amide bonds. The first-order chi connectivity index (χ1) is 12.6. The molecule has 1 aromatic heterocycles. The number of benzene rings is 2. The topological polar surface area (TPSA) is 91.3 Å². The predicted molar refractivity (Wildman–Crippen MR) is 101 cm³/mol. The van der Waals surface area contributed by atoms with Gasteiger partial charge in [-0.15, -0.1) is 11.3 Å². The molecule has 0 aliphatic rings. The van der Waals surface area contributed by atoms with Gasteiger partial charge in [-0.3, -0.25) is 20.4 Å². The lowest BCUT2D eigenvalue weighted by Gasteiger charge is -2.08. The van der Waals surface area contributed by atoms with Crippen LogP contribution in [0.5, 0.6) is 5.75 Å². The van der Waals surface area contributed by atoms with Gasteiger partial charge >= 0.3 is 0 Å². The number of nitrogens with one attached hydrogen (secondary N) is 2. The third kappa shape index (κ3) is 4.58. The number of hydrogen-bond acceptors (Lipinski definition) is 5. The minimum atomic E-state index is -0.550. The summed E-state index contributed by atoms with van der Waals surface area (Å²) in [5.74, 6) is -0.945. The highest BCUT2D eigenvalue weighted by Crippen LogP contribution is 2.22. The van der Waals surface area contributed by atoms with Crippen molar-refractivity contribution < 1.29 is 14.7 Å². The number of rotatable bonds is 6. The molecule has 0 atom stereocenters. The zero-order valence-corrected chi connectivity index (χ0v) is 14.9. The number of para-hydroxylation sites is 2. The van der Waals surface area contributed by atoms with Crippen LogP contribution in [-0.2, 0) is 11.2 Å². The van der Waals surface area contributed by atoms with Crippen LogP contribution in [0.4, 0.5) is 0 Å². The third-order valence-corrected chi connectivity index (χ3v) is 4.94. The molecule has 0 aliphatic heterocycles. The van der Waals surface area contributed by atoms with Crippen LogP contribution in [0, 0.1) is 0 Å². The Bertz CT molecular complexity index is 890. The number of aryl methyl sites for hydroxylation is 1. The smallest absolute Gasteiger partial charge is 0.273 e. The molecule has 6 nitrogen and oxygen atoms in total. The SMILES string of the molecule is O=C(CCCCc1nc2ccccc2s1)NNC(=O)c1ccccc1O. The maximum Gasteiger partial charge on any atom is 0.273 e. The van der Waals surface area contributed by atoms with E-state index < -0.39 is 5.91 Å². The second-order valence-corrected chi connectivity index (χ2v) is 6.92. The zero-order valence-electron chi connectivity index (χ0n) is 14.1. The number of nitrogens with zero attached hydrogens (tertiary/aromatic N) is 1. The van der Waals surface area contributed by atoms with Gasteiger partial charge in [0.2, 0.25) is 5.91 Å². The zero-order chi connectivity index (χ0) is 18.4. The molecule has 2 aromatic carbocycles. The summed E-state index contributed by atoms with van der Waals surface area (Å²) in [6.07, 6.45) is 2.69. The molecule has 26 heavy (non-hydrogen) atoms. The lowest BCUT2D eigenvalue weighted by atomic mass is 10.2. The number of carbonyl (C=O) groups is 2. The number of aromatic nitrogens is 1. The van der Waals surface area contributed by atoms with E-state index in [-0.39, 0.29) is 17.2 Å². The number of aromatic hydroxyl groups is 1. The fourth-order valence-electron chi connectivity index (χ4n) is 2.51. The second kappa shape index (κ2) is 8.44. The standard InChI is InChI=1S/C19H19N3O3S/c23-15-9-3-1-7-13(15)19(25)22-21-17(24)11-5-6-12-18-20-14-8-2-4-10-16(14)26-18/h1-4,7-10,23H,5-6,11-12H2,(H,21,24)(H,22,25). The van der Waals surface area contributed by atoms with Gasteiger partial charge in [-0.1, -0.05) is 24.3 Å². The Morgan fingerprint density at radius 1 is 1.00 bits per heavy atom. The van der Waals surface area contributed by atoms with E-state index in [0.717, 1.165) is 23.4 Å². The number of carbonyl (C=O) groups excluding carboxylic acids is 2. The largest absolute Gasteiger partial charge is 0.507 e. The van der Waals surface area contributed by atoms with Gasteiger partial charge in [0.1, 0.15) is 5.75 Å². The Kier molecular flexibility index (Phi) is 5.80. The van der Waals surface area contributed by atoms with E-state index in [4.69, 9.17) is 0 Å². The monoisotopic (exact) mass is 369 g/mol. The molecule has 0 unspecified atom stereocenters. The molecule has 7 heteroatoms. The molecule has 0 aliphatic carbocycles. The first kappa shape index (κ1) is 17.9. The van der Waals surface area contributed by atoms with Crippen LogP contribution in [0.2, 0.25) is 0 Å². The Labute approximate surface area is 154 Å². The van der Waals surface area contributed by atoms with E-state index in [9.17, 15) is 14.7 Å². The Morgan fingerprint density at radius 3 is 2.58 bits per heavy atom. The van der Waals surface area contributed by atoms with Crippen LogP contribution < -0.4 is 10.9 Å². The first-order valence-corrected chi connectivity index (χ1v) is 9.17. The summed E-state index contributed by atoms with van der Waals surface area (Å²) in [5.41, 5.74) is 5.80. The summed E-state index contributed by atoms with van der Waals surface area (Å²) < 4.78 is 1.17. The molecular formula is C19H19N3O3S. The van der Waals surface area contributed by atoms with Gasteiger partial charge in [0.25, 0.3) is 5.91 Å². The lowest BCUT2D eigenvalue weighted by Crippen LogP contribution is -2.41. The van der Waals surface area contributed by atoms with Crippen LogP contribution in [0.25, 0.3) is 10.2 Å². The molecule has 0 saturated heterocycles. The summed E-state index contributed by atoms with van der Waals surface area (Å²) in [4.78, 5) is 28.3. The van der Waals surface area contributed by atoms with Crippen LogP contribution in [0.15, 0.2) is 48.5 Å². The molecule has 3 rings (SSSR count). The van der Waals surface area contributed by atoms with Gasteiger partial charge in [0.15, 0.2) is 0 Å². The number of thiazole rings is 1. The number of fused-ring (bicyclic) bond motifs is 1. The van der Waals surface area contributed by atoms with Crippen molar-refractivity contribution in [2.45, 2.75) is 25.7 Å². The third-order valence-electron chi connectivity index (χ3n) is 3.85. The van der Waals surface area contributed by atoms with Gasteiger partial charge in [0.05, 0.1) is 20.8 Å². The highest BCUT2D eigenvalue weighted by Gasteiger charge is 2.11. The van der Waals surface area contributed by atoms with E-state index in [0.29, 0.717) is 12.8 Å². The summed E-state index contributed by atoms with van der Waals surface area (Å²) in [7, 11) is 0. The number of hydrazine groups is 1. The van der Waals surface area contributed by atoms with Crippen molar-refractivity contribution >= 4 is 33.4 Å². The number of hydrogen-bond donors (Lipinski definition) is 3. The molecule has 3 N–H and O–H groups in total. The number of phenols is 1. The quantitative estimate of drug-likeness (QED) is 0.460. The van der Waals surface area contributed by atoms with Crippen LogP contribution in [0.1, 0.15) is 34.6 Å². The first-order valence-electron chi connectivity index (χ1n) is 8.35. The van der Waals surface area contributed by atoms with Crippen LogP contribution in [-0.4, -0.2) is 21.9 Å². The number of amides is 2. The summed E-state index contributed by atoms with van der Waals surface area (Å²) in [6, 6.07) is 14.2. The fraction of sp³-hybridized carbons (Fsp3) is 0.211. The van der Waals surface area contributed by atoms with Gasteiger partial charge in [-0.05, 0) is 43.5 Å². The molecule has 0 saturated carbocycles. The minimum Gasteiger partial charge on any atom is -0.507 e. The average Bonchev–Trinajstić information content (AvgIpc) is 3.06. The van der Waals surface area contributed by atoms with Gasteiger partial charge in [-0.25, -0.2) is 4.98 Å². The Hall–Kier alpha value is -2.93. The molecule has 3 aromatic rings. The summed E-state index contributed by atoms with van der Waals surface area (Å²) >= 11 is 1.68. The highest BCUT2D eigenvalue weighted by molar-refractivity contribution is 7.18. The summed E-state index contributed by atoms with van der Waals surface area (Å²) in [6.45, 7) is 0. The highest BCUT2D eigenvalue weighted by atomic mass is 32.1. The Morgan fingerprint density at radius 2 is 1.77 bits per heavy atom. The van der Waals surface area contributed by atoms with E-state index in [2.05, 4.69) is 21.9 Å². The van der Waals surface area contributed by atoms with Crippen molar-refractivity contribution in [1.29, 1.82) is 0 Å². The fourth-order valence-corrected chi connectivity index (χ4v) is 3.52. The average molecular weight is 369 g/mol. The molecular weight excluding hydrogens is 350 g/mol. The molecule has 1 heterocycles. The normalized spacial score (nSPS) is 10.6. The van der Waals surface area contributed by atoms with Crippen molar-refractivity contribution in [3.05, 3.63) is 59.1 Å². The lowest BCUT2D eigenvalue weighted by molar-refractivity contribution is -0.121. The van der Waals surface area contributed by atoms with Gasteiger partial charge in [0, 0.05) is 6.42 Å². The second-order valence-electron chi connectivity index (χ2n) is 5.80. The van der Waals surface area contributed by atoms with Crippen LogP contribution in [0.3, 0.4) is 0 Å². The molecule has 0 bridgehead atoms. The molecule has 134 valence electrons. The van der Waals surface area contributed by atoms with E-state index in [1.807, 2.05) is 18.2 Å². The van der Waals surface area contributed by atoms with Crippen molar-refractivity contribution in [1.82, 2.24) is 15.8 Å². The molecule has 0 spiro atoms. The maximum absolute atomic E-state index is 11.9. The van der Waals surface area contributed by atoms with Crippen molar-refractivity contribution in [3.63, 3.8) is 0 Å². The molecule has 0 radical (unpaired) electrons. The summed E-state index contributed by atoms with van der Waals surface area (Å²) in [5, 5.41) is 10.7. The van der Waals surface area contributed by atoms with E-state index in [1.165, 1.54) is 16.8 Å². The van der Waals surface area contributed by atoms with E-state index >= 15 is 0 Å². The minimum absolute atomic E-state index is 0.114. The predicted octanol–water partition coefficient (Wildman–Crippen LogP) is 3.18. The van der Waals surface area contributed by atoms with Crippen molar-refractivity contribution in [2.24, 2.45) is 0 Å². The van der Waals surface area contributed by atoms with Crippen molar-refractivity contribution in [2.75, 3.05) is 0 Å². The van der Waals surface area contributed by atoms with Crippen molar-refractivity contribution in [3.8, 4) is 5.75 Å².